The molecule has 1 aromatic rings. The number of carbonyl (C=O) groups is 1. The summed E-state index contributed by atoms with van der Waals surface area (Å²) in [6.45, 7) is 7.59. The van der Waals surface area contributed by atoms with E-state index in [1.807, 2.05) is 18.2 Å². The van der Waals surface area contributed by atoms with Crippen LogP contribution in [0.3, 0.4) is 0 Å². The normalized spacial score (nSPS) is 23.6. The fourth-order valence-corrected chi connectivity index (χ4v) is 3.19. The summed E-state index contributed by atoms with van der Waals surface area (Å²) in [7, 11) is 0. The van der Waals surface area contributed by atoms with Crippen molar-refractivity contribution in [3.63, 3.8) is 0 Å². The number of likely N-dealkylation sites (tertiary alicyclic amines) is 1. The summed E-state index contributed by atoms with van der Waals surface area (Å²) in [5.74, 6) is 1.49. The number of benzene rings is 1. The number of anilines is 1. The molecule has 0 radical (unpaired) electrons. The second-order valence-corrected chi connectivity index (χ2v) is 6.39. The van der Waals surface area contributed by atoms with E-state index in [0.29, 0.717) is 17.1 Å². The fourth-order valence-electron chi connectivity index (χ4n) is 3.01. The van der Waals surface area contributed by atoms with Crippen molar-refractivity contribution in [1.29, 1.82) is 0 Å². The van der Waals surface area contributed by atoms with Crippen LogP contribution in [0, 0.1) is 11.8 Å². The van der Waals surface area contributed by atoms with E-state index in [9.17, 15) is 4.79 Å². The minimum Gasteiger partial charge on any atom is -0.325 e. The Balaban J connectivity index is 1.79. The van der Waals surface area contributed by atoms with E-state index in [1.54, 1.807) is 6.07 Å². The Morgan fingerprint density at radius 3 is 2.60 bits per heavy atom. The predicted octanol–water partition coefficient (Wildman–Crippen LogP) is 3.65. The lowest BCUT2D eigenvalue weighted by atomic mass is 9.92. The van der Waals surface area contributed by atoms with Gasteiger partial charge < -0.3 is 10.2 Å². The van der Waals surface area contributed by atoms with Crippen LogP contribution in [0.2, 0.25) is 5.02 Å². The summed E-state index contributed by atoms with van der Waals surface area (Å²) < 4.78 is 0. The molecule has 0 aliphatic carbocycles. The number of para-hydroxylation sites is 1. The number of carbonyl (C=O) groups excluding carboxylic acids is 1. The van der Waals surface area contributed by atoms with Gasteiger partial charge in [-0.25, -0.2) is 0 Å². The molecule has 1 N–H and O–H groups in total. The maximum Gasteiger partial charge on any atom is 0.225 e. The van der Waals surface area contributed by atoms with Crippen molar-refractivity contribution in [2.45, 2.75) is 26.7 Å². The summed E-state index contributed by atoms with van der Waals surface area (Å²) in [6.07, 6.45) is 1.81. The summed E-state index contributed by atoms with van der Waals surface area (Å²) in [4.78, 5) is 14.4. The predicted molar refractivity (Wildman–Crippen MR) is 84.1 cm³/mol. The molecular formula is C16H23ClN2O. The molecule has 1 aliphatic heterocycles. The Morgan fingerprint density at radius 2 is 1.95 bits per heavy atom. The number of rotatable bonds is 4. The van der Waals surface area contributed by atoms with Crippen molar-refractivity contribution in [2.75, 3.05) is 25.0 Å². The minimum atomic E-state index is 0.0315. The molecular weight excluding hydrogens is 272 g/mol. The Hall–Kier alpha value is -1.06. The third-order valence-electron chi connectivity index (χ3n) is 3.75. The van der Waals surface area contributed by atoms with Crippen LogP contribution < -0.4 is 5.32 Å². The highest BCUT2D eigenvalue weighted by atomic mass is 35.5. The highest BCUT2D eigenvalue weighted by Gasteiger charge is 2.21. The van der Waals surface area contributed by atoms with E-state index in [2.05, 4.69) is 24.1 Å². The van der Waals surface area contributed by atoms with Crippen molar-refractivity contribution < 1.29 is 4.79 Å². The molecule has 3 nitrogen and oxygen atoms in total. The van der Waals surface area contributed by atoms with E-state index in [-0.39, 0.29) is 5.91 Å². The molecule has 2 rings (SSSR count). The van der Waals surface area contributed by atoms with Gasteiger partial charge in [-0.2, -0.15) is 0 Å². The average molecular weight is 295 g/mol. The topological polar surface area (TPSA) is 32.3 Å². The van der Waals surface area contributed by atoms with Gasteiger partial charge in [-0.3, -0.25) is 4.79 Å². The summed E-state index contributed by atoms with van der Waals surface area (Å²) >= 11 is 6.03. The standard InChI is InChI=1S/C16H23ClN2O/c1-12-9-13(2)11-19(10-12)8-7-16(20)18-15-6-4-3-5-14(15)17/h3-6,12-13H,7-11H2,1-2H3,(H,18,20)/t12-,13+. The monoisotopic (exact) mass is 294 g/mol. The summed E-state index contributed by atoms with van der Waals surface area (Å²) in [5.41, 5.74) is 0.694. The van der Waals surface area contributed by atoms with Gasteiger partial charge in [0, 0.05) is 26.1 Å². The molecule has 20 heavy (non-hydrogen) atoms. The zero-order valence-electron chi connectivity index (χ0n) is 12.2. The maximum absolute atomic E-state index is 12.0. The van der Waals surface area contributed by atoms with Crippen LogP contribution in [0.5, 0.6) is 0 Å². The first-order valence-electron chi connectivity index (χ1n) is 7.31. The highest BCUT2D eigenvalue weighted by Crippen LogP contribution is 2.22. The first-order chi connectivity index (χ1) is 9.54. The molecule has 2 atom stereocenters. The lowest BCUT2D eigenvalue weighted by Gasteiger charge is -2.34. The Labute approximate surface area is 126 Å². The molecule has 1 aliphatic rings. The lowest BCUT2D eigenvalue weighted by Crippen LogP contribution is -2.40. The van der Waals surface area contributed by atoms with Crippen LogP contribution in [0.1, 0.15) is 26.7 Å². The van der Waals surface area contributed by atoms with Crippen molar-refractivity contribution in [3.05, 3.63) is 29.3 Å². The van der Waals surface area contributed by atoms with Crippen LogP contribution in [0.25, 0.3) is 0 Å². The lowest BCUT2D eigenvalue weighted by molar-refractivity contribution is -0.116. The number of piperidine rings is 1. The van der Waals surface area contributed by atoms with Gasteiger partial charge in [-0.05, 0) is 30.4 Å². The minimum absolute atomic E-state index is 0.0315. The molecule has 1 saturated heterocycles. The smallest absolute Gasteiger partial charge is 0.225 e. The molecule has 0 bridgehead atoms. The second kappa shape index (κ2) is 7.09. The van der Waals surface area contributed by atoms with Gasteiger partial charge in [0.15, 0.2) is 0 Å². The molecule has 0 unspecified atom stereocenters. The van der Waals surface area contributed by atoms with Crippen molar-refractivity contribution in [1.82, 2.24) is 4.90 Å². The molecule has 110 valence electrons. The van der Waals surface area contributed by atoms with Crippen LogP contribution in [-0.4, -0.2) is 30.4 Å². The Morgan fingerprint density at radius 1 is 1.30 bits per heavy atom. The van der Waals surface area contributed by atoms with Crippen LogP contribution >= 0.6 is 11.6 Å². The van der Waals surface area contributed by atoms with Gasteiger partial charge in [0.05, 0.1) is 10.7 Å². The quantitative estimate of drug-likeness (QED) is 0.919. The molecule has 1 heterocycles. The van der Waals surface area contributed by atoms with Crippen molar-refractivity contribution >= 4 is 23.2 Å². The molecule has 0 spiro atoms. The van der Waals surface area contributed by atoms with E-state index in [1.165, 1.54) is 6.42 Å². The number of amides is 1. The molecule has 0 saturated carbocycles. The summed E-state index contributed by atoms with van der Waals surface area (Å²) in [6, 6.07) is 7.33. The highest BCUT2D eigenvalue weighted by molar-refractivity contribution is 6.33. The molecule has 4 heteroatoms. The maximum atomic E-state index is 12.0. The van der Waals surface area contributed by atoms with Crippen LogP contribution in [-0.2, 0) is 4.79 Å². The number of hydrogen-bond acceptors (Lipinski definition) is 2. The van der Waals surface area contributed by atoms with Gasteiger partial charge in [0.2, 0.25) is 5.91 Å². The van der Waals surface area contributed by atoms with Gasteiger partial charge in [0.25, 0.3) is 0 Å². The third-order valence-corrected chi connectivity index (χ3v) is 4.08. The SMILES string of the molecule is C[C@@H]1C[C@H](C)CN(CCC(=O)Nc2ccccc2Cl)C1. The Kier molecular flexibility index (Phi) is 5.44. The van der Waals surface area contributed by atoms with Crippen molar-refractivity contribution in [3.8, 4) is 0 Å². The van der Waals surface area contributed by atoms with Crippen LogP contribution in [0.15, 0.2) is 24.3 Å². The van der Waals surface area contributed by atoms with Crippen molar-refractivity contribution in [2.24, 2.45) is 11.8 Å². The first-order valence-corrected chi connectivity index (χ1v) is 7.69. The first kappa shape index (κ1) is 15.3. The van der Waals surface area contributed by atoms with Gasteiger partial charge >= 0.3 is 0 Å². The Bertz CT molecular complexity index is 454. The van der Waals surface area contributed by atoms with E-state index >= 15 is 0 Å². The van der Waals surface area contributed by atoms with Gasteiger partial charge in [-0.15, -0.1) is 0 Å². The average Bonchev–Trinajstić information content (AvgIpc) is 2.38. The molecule has 1 aromatic carbocycles. The number of nitrogens with one attached hydrogen (secondary N) is 1. The number of hydrogen-bond donors (Lipinski definition) is 1. The largest absolute Gasteiger partial charge is 0.325 e. The zero-order valence-corrected chi connectivity index (χ0v) is 13.0. The van der Waals surface area contributed by atoms with E-state index < -0.39 is 0 Å². The molecule has 1 fully saturated rings. The fraction of sp³-hybridized carbons (Fsp3) is 0.562. The number of nitrogens with zero attached hydrogens (tertiary/aromatic N) is 1. The van der Waals surface area contributed by atoms with E-state index in [0.717, 1.165) is 31.5 Å². The second-order valence-electron chi connectivity index (χ2n) is 5.98. The zero-order chi connectivity index (χ0) is 14.5. The van der Waals surface area contributed by atoms with Gasteiger partial charge in [-0.1, -0.05) is 37.6 Å². The van der Waals surface area contributed by atoms with E-state index in [4.69, 9.17) is 11.6 Å². The van der Waals surface area contributed by atoms with Crippen LogP contribution in [0.4, 0.5) is 5.69 Å². The summed E-state index contributed by atoms with van der Waals surface area (Å²) in [5, 5.41) is 3.46. The third kappa shape index (κ3) is 4.50. The van der Waals surface area contributed by atoms with Gasteiger partial charge in [0.1, 0.15) is 0 Å². The molecule has 0 aromatic heterocycles. The number of halogens is 1. The molecule has 1 amide bonds.